The quantitative estimate of drug-likeness (QED) is 0.813. The van der Waals surface area contributed by atoms with E-state index in [-0.39, 0.29) is 11.9 Å². The zero-order valence-corrected chi connectivity index (χ0v) is 11.5. The summed E-state index contributed by atoms with van der Waals surface area (Å²) in [5.74, 6) is -0.0736. The maximum absolute atomic E-state index is 11.6. The number of nitrogens with one attached hydrogen (secondary N) is 2. The first-order chi connectivity index (χ1) is 8.58. The van der Waals surface area contributed by atoms with Crippen LogP contribution in [0, 0.1) is 6.92 Å². The molecule has 0 radical (unpaired) electrons. The van der Waals surface area contributed by atoms with Gasteiger partial charge in [0.2, 0.25) is 0 Å². The molecule has 0 fully saturated rings. The van der Waals surface area contributed by atoms with E-state index in [4.69, 9.17) is 4.74 Å². The summed E-state index contributed by atoms with van der Waals surface area (Å²) >= 11 is 0. The first-order valence-corrected chi connectivity index (χ1v) is 6.25. The van der Waals surface area contributed by atoms with Crippen molar-refractivity contribution in [1.29, 1.82) is 0 Å². The summed E-state index contributed by atoms with van der Waals surface area (Å²) in [6.07, 6.45) is 0. The molecule has 0 aromatic heterocycles. The lowest BCUT2D eigenvalue weighted by atomic mass is 10.1. The highest BCUT2D eigenvalue weighted by atomic mass is 16.5. The van der Waals surface area contributed by atoms with Gasteiger partial charge in [0.25, 0.3) is 5.91 Å². The zero-order valence-electron chi connectivity index (χ0n) is 11.5. The van der Waals surface area contributed by atoms with Crippen LogP contribution in [0.1, 0.15) is 29.8 Å². The SMILES string of the molecule is CCOCC(C)Nc1cc(C(=O)NC)ccc1C. The Morgan fingerprint density at radius 1 is 1.44 bits per heavy atom. The normalized spacial score (nSPS) is 12.0. The van der Waals surface area contributed by atoms with Crippen LogP contribution in [0.3, 0.4) is 0 Å². The van der Waals surface area contributed by atoms with Gasteiger partial charge >= 0.3 is 0 Å². The van der Waals surface area contributed by atoms with Gasteiger partial charge in [-0.3, -0.25) is 4.79 Å². The van der Waals surface area contributed by atoms with Crippen molar-refractivity contribution < 1.29 is 9.53 Å². The molecule has 18 heavy (non-hydrogen) atoms. The molecule has 1 aromatic rings. The molecule has 0 saturated carbocycles. The van der Waals surface area contributed by atoms with Gasteiger partial charge in [0, 0.05) is 30.9 Å². The largest absolute Gasteiger partial charge is 0.380 e. The first kappa shape index (κ1) is 14.5. The van der Waals surface area contributed by atoms with Crippen LogP contribution in [0.25, 0.3) is 0 Å². The molecule has 0 heterocycles. The van der Waals surface area contributed by atoms with Gasteiger partial charge in [0.05, 0.1) is 6.61 Å². The second kappa shape index (κ2) is 7.01. The van der Waals surface area contributed by atoms with Gasteiger partial charge in [-0.05, 0) is 38.5 Å². The lowest BCUT2D eigenvalue weighted by Gasteiger charge is -2.17. The third-order valence-corrected chi connectivity index (χ3v) is 2.70. The average molecular weight is 250 g/mol. The van der Waals surface area contributed by atoms with Crippen molar-refractivity contribution in [1.82, 2.24) is 5.32 Å². The van der Waals surface area contributed by atoms with Crippen molar-refractivity contribution in [2.24, 2.45) is 0 Å². The molecule has 0 aliphatic heterocycles. The number of hydrogen-bond donors (Lipinski definition) is 2. The Kier molecular flexibility index (Phi) is 5.65. The predicted octanol–water partition coefficient (Wildman–Crippen LogP) is 2.19. The Morgan fingerprint density at radius 3 is 2.78 bits per heavy atom. The fraction of sp³-hybridized carbons (Fsp3) is 0.500. The molecule has 0 saturated heterocycles. The molecule has 1 amide bonds. The highest BCUT2D eigenvalue weighted by molar-refractivity contribution is 5.95. The topological polar surface area (TPSA) is 50.4 Å². The summed E-state index contributed by atoms with van der Waals surface area (Å²) in [4.78, 5) is 11.6. The Morgan fingerprint density at radius 2 is 2.17 bits per heavy atom. The fourth-order valence-corrected chi connectivity index (χ4v) is 1.66. The van der Waals surface area contributed by atoms with Crippen molar-refractivity contribution >= 4 is 11.6 Å². The van der Waals surface area contributed by atoms with E-state index >= 15 is 0 Å². The van der Waals surface area contributed by atoms with Crippen LogP contribution in [-0.2, 0) is 4.74 Å². The van der Waals surface area contributed by atoms with Crippen LogP contribution in [-0.4, -0.2) is 32.2 Å². The summed E-state index contributed by atoms with van der Waals surface area (Å²) in [5, 5.41) is 5.98. The van der Waals surface area contributed by atoms with E-state index in [0.29, 0.717) is 18.8 Å². The number of anilines is 1. The van der Waals surface area contributed by atoms with E-state index in [1.807, 2.05) is 32.0 Å². The fourth-order valence-electron chi connectivity index (χ4n) is 1.66. The molecule has 0 bridgehead atoms. The molecule has 1 aromatic carbocycles. The molecular weight excluding hydrogens is 228 g/mol. The molecule has 100 valence electrons. The number of hydrogen-bond acceptors (Lipinski definition) is 3. The first-order valence-electron chi connectivity index (χ1n) is 6.25. The Balaban J connectivity index is 2.77. The number of carbonyl (C=O) groups is 1. The van der Waals surface area contributed by atoms with E-state index in [1.165, 1.54) is 0 Å². The van der Waals surface area contributed by atoms with Gasteiger partial charge in [-0.25, -0.2) is 0 Å². The van der Waals surface area contributed by atoms with E-state index in [9.17, 15) is 4.79 Å². The summed E-state index contributed by atoms with van der Waals surface area (Å²) in [7, 11) is 1.63. The van der Waals surface area contributed by atoms with Crippen LogP contribution < -0.4 is 10.6 Å². The third kappa shape index (κ3) is 4.04. The van der Waals surface area contributed by atoms with E-state index < -0.39 is 0 Å². The molecule has 2 N–H and O–H groups in total. The lowest BCUT2D eigenvalue weighted by molar-refractivity contribution is 0.0963. The Hall–Kier alpha value is -1.55. The number of rotatable bonds is 6. The standard InChI is InChI=1S/C14H22N2O2/c1-5-18-9-11(3)16-13-8-12(14(17)15-4)7-6-10(13)2/h6-8,11,16H,5,9H2,1-4H3,(H,15,17). The average Bonchev–Trinajstić information content (AvgIpc) is 2.38. The third-order valence-electron chi connectivity index (χ3n) is 2.70. The van der Waals surface area contributed by atoms with Gasteiger partial charge in [-0.15, -0.1) is 0 Å². The summed E-state index contributed by atoms with van der Waals surface area (Å²) in [6, 6.07) is 5.85. The van der Waals surface area contributed by atoms with Gasteiger partial charge in [0.1, 0.15) is 0 Å². The maximum atomic E-state index is 11.6. The second-order valence-corrected chi connectivity index (χ2v) is 4.31. The summed E-state index contributed by atoms with van der Waals surface area (Å²) < 4.78 is 5.36. The van der Waals surface area contributed by atoms with Crippen molar-refractivity contribution in [3.05, 3.63) is 29.3 Å². The van der Waals surface area contributed by atoms with Gasteiger partial charge in [-0.2, -0.15) is 0 Å². The number of aryl methyl sites for hydroxylation is 1. The Bertz CT molecular complexity index is 405. The van der Waals surface area contributed by atoms with Crippen LogP contribution >= 0.6 is 0 Å². The highest BCUT2D eigenvalue weighted by Gasteiger charge is 2.08. The molecule has 0 aliphatic rings. The second-order valence-electron chi connectivity index (χ2n) is 4.31. The predicted molar refractivity (Wildman–Crippen MR) is 74.1 cm³/mol. The number of benzene rings is 1. The van der Waals surface area contributed by atoms with Gasteiger partial charge in [0.15, 0.2) is 0 Å². The smallest absolute Gasteiger partial charge is 0.251 e. The monoisotopic (exact) mass is 250 g/mol. The van der Waals surface area contributed by atoms with Crippen molar-refractivity contribution in [3.8, 4) is 0 Å². The number of carbonyl (C=O) groups excluding carboxylic acids is 1. The van der Waals surface area contributed by atoms with Crippen LogP contribution in [0.4, 0.5) is 5.69 Å². The van der Waals surface area contributed by atoms with Crippen LogP contribution in [0.2, 0.25) is 0 Å². The molecule has 1 unspecified atom stereocenters. The van der Waals surface area contributed by atoms with Crippen molar-refractivity contribution in [2.75, 3.05) is 25.6 Å². The minimum Gasteiger partial charge on any atom is -0.380 e. The maximum Gasteiger partial charge on any atom is 0.251 e. The van der Waals surface area contributed by atoms with Crippen molar-refractivity contribution in [2.45, 2.75) is 26.8 Å². The minimum atomic E-state index is -0.0736. The van der Waals surface area contributed by atoms with E-state index in [0.717, 1.165) is 11.3 Å². The number of ether oxygens (including phenoxy) is 1. The van der Waals surface area contributed by atoms with Crippen molar-refractivity contribution in [3.63, 3.8) is 0 Å². The highest BCUT2D eigenvalue weighted by Crippen LogP contribution is 2.18. The zero-order chi connectivity index (χ0) is 13.5. The van der Waals surface area contributed by atoms with Crippen LogP contribution in [0.5, 0.6) is 0 Å². The molecule has 4 heteroatoms. The lowest BCUT2D eigenvalue weighted by Crippen LogP contribution is -2.23. The molecule has 4 nitrogen and oxygen atoms in total. The molecule has 1 atom stereocenters. The summed E-state index contributed by atoms with van der Waals surface area (Å²) in [6.45, 7) is 7.42. The molecule has 1 rings (SSSR count). The van der Waals surface area contributed by atoms with E-state index in [2.05, 4.69) is 17.6 Å². The van der Waals surface area contributed by atoms with Gasteiger partial charge < -0.3 is 15.4 Å². The van der Waals surface area contributed by atoms with Gasteiger partial charge in [-0.1, -0.05) is 6.07 Å². The Labute approximate surface area is 109 Å². The van der Waals surface area contributed by atoms with E-state index in [1.54, 1.807) is 7.05 Å². The number of amides is 1. The molecular formula is C14H22N2O2. The molecule has 0 aliphatic carbocycles. The molecule has 0 spiro atoms. The summed E-state index contributed by atoms with van der Waals surface area (Å²) in [5.41, 5.74) is 2.75. The minimum absolute atomic E-state index is 0.0736. The van der Waals surface area contributed by atoms with Crippen LogP contribution in [0.15, 0.2) is 18.2 Å².